The third kappa shape index (κ3) is 1.42. The SMILES string of the molecule is CN(C)c1nnc([N+](=O)[O-])o1. The van der Waals surface area contributed by atoms with E-state index in [9.17, 15) is 10.1 Å². The van der Waals surface area contributed by atoms with Crippen LogP contribution in [0, 0.1) is 10.1 Å². The Balaban J connectivity index is 2.90. The molecule has 60 valence electrons. The Hall–Kier alpha value is -1.66. The summed E-state index contributed by atoms with van der Waals surface area (Å²) in [6, 6.07) is -0.467. The van der Waals surface area contributed by atoms with Gasteiger partial charge < -0.3 is 19.4 Å². The molecule has 7 heteroatoms. The second kappa shape index (κ2) is 2.52. The predicted molar refractivity (Wildman–Crippen MR) is 35.3 cm³/mol. The molecule has 1 aromatic rings. The minimum atomic E-state index is -0.736. The largest absolute Gasteiger partial charge is 0.573 e. The highest BCUT2D eigenvalue weighted by atomic mass is 16.7. The van der Waals surface area contributed by atoms with Crippen LogP contribution < -0.4 is 4.90 Å². The third-order valence-electron chi connectivity index (χ3n) is 0.942. The van der Waals surface area contributed by atoms with E-state index < -0.39 is 10.9 Å². The van der Waals surface area contributed by atoms with E-state index >= 15 is 0 Å². The van der Waals surface area contributed by atoms with E-state index in [1.54, 1.807) is 14.1 Å². The zero-order valence-corrected chi connectivity index (χ0v) is 6.01. The molecule has 0 radical (unpaired) electrons. The zero-order valence-electron chi connectivity index (χ0n) is 6.01. The summed E-state index contributed by atoms with van der Waals surface area (Å²) in [4.78, 5) is 10.8. The molecule has 0 fully saturated rings. The molecule has 11 heavy (non-hydrogen) atoms. The molecule has 7 nitrogen and oxygen atoms in total. The van der Waals surface area contributed by atoms with E-state index in [4.69, 9.17) is 0 Å². The summed E-state index contributed by atoms with van der Waals surface area (Å²) in [6.07, 6.45) is 0. The van der Waals surface area contributed by atoms with Crippen molar-refractivity contribution >= 4 is 12.0 Å². The van der Waals surface area contributed by atoms with Crippen molar-refractivity contribution in [3.8, 4) is 0 Å². The molecule has 1 aromatic heterocycles. The van der Waals surface area contributed by atoms with Crippen LogP contribution in [0.5, 0.6) is 0 Å². The smallest absolute Gasteiger partial charge is 0.355 e. The minimum Gasteiger partial charge on any atom is -0.355 e. The number of hydrogen-bond donors (Lipinski definition) is 0. The fourth-order valence-corrected chi connectivity index (χ4v) is 0.463. The first-order chi connectivity index (χ1) is 5.11. The third-order valence-corrected chi connectivity index (χ3v) is 0.942. The second-order valence-electron chi connectivity index (χ2n) is 2.02. The normalized spacial score (nSPS) is 9.64. The molecular weight excluding hydrogens is 152 g/mol. The van der Waals surface area contributed by atoms with Gasteiger partial charge in [-0.3, -0.25) is 0 Å². The molecule has 0 spiro atoms. The average Bonchev–Trinajstić information content (AvgIpc) is 2.33. The van der Waals surface area contributed by atoms with Crippen LogP contribution in [0.1, 0.15) is 0 Å². The van der Waals surface area contributed by atoms with Gasteiger partial charge in [-0.15, -0.1) is 0 Å². The van der Waals surface area contributed by atoms with Gasteiger partial charge in [-0.1, -0.05) is 0 Å². The van der Waals surface area contributed by atoms with E-state index in [1.807, 2.05) is 0 Å². The molecule has 0 saturated heterocycles. The van der Waals surface area contributed by atoms with Gasteiger partial charge in [0.05, 0.1) is 0 Å². The lowest BCUT2D eigenvalue weighted by Crippen LogP contribution is -2.08. The highest BCUT2D eigenvalue weighted by Gasteiger charge is 2.18. The Labute approximate surface area is 61.8 Å². The number of anilines is 1. The molecule has 0 aliphatic heterocycles. The Bertz CT molecular complexity index is 268. The molecule has 0 amide bonds. The molecular formula is C4H6N4O3. The lowest BCUT2D eigenvalue weighted by molar-refractivity contribution is -0.407. The van der Waals surface area contributed by atoms with Crippen molar-refractivity contribution < 1.29 is 9.34 Å². The fraction of sp³-hybridized carbons (Fsp3) is 0.500. The van der Waals surface area contributed by atoms with Crippen molar-refractivity contribution in [3.05, 3.63) is 10.1 Å². The summed E-state index contributed by atoms with van der Waals surface area (Å²) in [6.45, 7) is 0. The summed E-state index contributed by atoms with van der Waals surface area (Å²) in [5, 5.41) is 16.6. The quantitative estimate of drug-likeness (QED) is 0.446. The average molecular weight is 158 g/mol. The topological polar surface area (TPSA) is 85.3 Å². The van der Waals surface area contributed by atoms with Crippen LogP contribution in [0.3, 0.4) is 0 Å². The molecule has 0 aliphatic carbocycles. The maximum absolute atomic E-state index is 10.0. The number of aromatic nitrogens is 2. The number of rotatable bonds is 2. The van der Waals surface area contributed by atoms with E-state index in [0.717, 1.165) is 0 Å². The monoisotopic (exact) mass is 158 g/mol. The Morgan fingerprint density at radius 1 is 1.55 bits per heavy atom. The van der Waals surface area contributed by atoms with Crippen molar-refractivity contribution in [1.29, 1.82) is 0 Å². The van der Waals surface area contributed by atoms with Crippen LogP contribution in [0.4, 0.5) is 12.0 Å². The molecule has 0 bridgehead atoms. The lowest BCUT2D eigenvalue weighted by Gasteiger charge is -2.00. The maximum Gasteiger partial charge on any atom is 0.573 e. The standard InChI is InChI=1S/C4H6N4O3/c1-7(2)3-5-6-4(11-3)8(9)10/h1-2H3. The van der Waals surface area contributed by atoms with Crippen molar-refractivity contribution in [1.82, 2.24) is 10.2 Å². The van der Waals surface area contributed by atoms with Gasteiger partial charge in [-0.25, -0.2) is 0 Å². The van der Waals surface area contributed by atoms with Crippen LogP contribution in [0.25, 0.3) is 0 Å². The van der Waals surface area contributed by atoms with E-state index in [2.05, 4.69) is 14.6 Å². The fourth-order valence-electron chi connectivity index (χ4n) is 0.463. The van der Waals surface area contributed by atoms with Crippen molar-refractivity contribution in [2.24, 2.45) is 0 Å². The van der Waals surface area contributed by atoms with Gasteiger partial charge in [-0.2, -0.15) is 0 Å². The van der Waals surface area contributed by atoms with E-state index in [1.165, 1.54) is 4.90 Å². The first-order valence-electron chi connectivity index (χ1n) is 2.76. The summed E-state index contributed by atoms with van der Waals surface area (Å²) in [5.74, 6) is 0. The van der Waals surface area contributed by atoms with Crippen LogP contribution in [-0.2, 0) is 0 Å². The van der Waals surface area contributed by atoms with Gasteiger partial charge in [0.25, 0.3) is 0 Å². The molecule has 0 aliphatic rings. The van der Waals surface area contributed by atoms with Gasteiger partial charge in [0.1, 0.15) is 5.10 Å². The molecule has 1 heterocycles. The van der Waals surface area contributed by atoms with Crippen LogP contribution >= 0.6 is 0 Å². The van der Waals surface area contributed by atoms with Crippen molar-refractivity contribution in [3.63, 3.8) is 0 Å². The van der Waals surface area contributed by atoms with Crippen LogP contribution in [-0.4, -0.2) is 29.2 Å². The van der Waals surface area contributed by atoms with Gasteiger partial charge >= 0.3 is 12.0 Å². The Kier molecular flexibility index (Phi) is 1.71. The molecule has 1 rings (SSSR count). The van der Waals surface area contributed by atoms with Crippen molar-refractivity contribution in [2.75, 3.05) is 19.0 Å². The summed E-state index contributed by atoms with van der Waals surface area (Å²) < 4.78 is 4.61. The first kappa shape index (κ1) is 7.45. The van der Waals surface area contributed by atoms with Crippen LogP contribution in [0.2, 0.25) is 0 Å². The Morgan fingerprint density at radius 2 is 2.18 bits per heavy atom. The molecule has 0 atom stereocenters. The maximum atomic E-state index is 10.0. The lowest BCUT2D eigenvalue weighted by atomic mass is 10.9. The summed E-state index contributed by atoms with van der Waals surface area (Å²) >= 11 is 0. The highest BCUT2D eigenvalue weighted by Crippen LogP contribution is 2.13. The van der Waals surface area contributed by atoms with Crippen molar-refractivity contribution in [2.45, 2.75) is 0 Å². The van der Waals surface area contributed by atoms with E-state index in [0.29, 0.717) is 0 Å². The number of nitrogens with zero attached hydrogens (tertiary/aromatic N) is 4. The molecule has 0 unspecified atom stereocenters. The molecule has 0 N–H and O–H groups in total. The van der Waals surface area contributed by atoms with Gasteiger partial charge in [0, 0.05) is 24.1 Å². The molecule has 0 saturated carbocycles. The van der Waals surface area contributed by atoms with Gasteiger partial charge in [0.2, 0.25) is 0 Å². The summed E-state index contributed by atoms with van der Waals surface area (Å²) in [7, 11) is 3.30. The first-order valence-corrected chi connectivity index (χ1v) is 2.76. The van der Waals surface area contributed by atoms with Gasteiger partial charge in [-0.05, 0) is 0 Å². The predicted octanol–water partition coefficient (Wildman–Crippen LogP) is 0.0438. The van der Waals surface area contributed by atoms with E-state index in [-0.39, 0.29) is 6.01 Å². The number of nitro groups is 1. The zero-order chi connectivity index (χ0) is 8.43. The highest BCUT2D eigenvalue weighted by molar-refractivity contribution is 5.21. The van der Waals surface area contributed by atoms with Gasteiger partial charge in [0.15, 0.2) is 0 Å². The van der Waals surface area contributed by atoms with Crippen LogP contribution in [0.15, 0.2) is 4.42 Å². The molecule has 0 aromatic carbocycles. The number of hydrogen-bond acceptors (Lipinski definition) is 6. The minimum absolute atomic E-state index is 0.122. The second-order valence-corrected chi connectivity index (χ2v) is 2.02. The summed E-state index contributed by atoms with van der Waals surface area (Å²) in [5.41, 5.74) is 0. The Morgan fingerprint density at radius 3 is 2.45 bits per heavy atom.